The smallest absolute Gasteiger partial charge is 0.410 e. The van der Waals surface area contributed by atoms with Gasteiger partial charge < -0.3 is 14.4 Å². The van der Waals surface area contributed by atoms with E-state index in [1.165, 1.54) is 24.7 Å². The van der Waals surface area contributed by atoms with Crippen molar-refractivity contribution in [3.8, 4) is 0 Å². The van der Waals surface area contributed by atoms with Crippen LogP contribution in [-0.2, 0) is 30.4 Å². The Kier molecular flexibility index (Phi) is 7.77. The van der Waals surface area contributed by atoms with Crippen LogP contribution in [0.1, 0.15) is 91.0 Å². The normalized spacial score (nSPS) is 43.3. The molecule has 2 aliphatic heterocycles. The predicted octanol–water partition coefficient (Wildman–Crippen LogP) is 7.11. The van der Waals surface area contributed by atoms with Gasteiger partial charge in [-0.3, -0.25) is 4.18 Å². The van der Waals surface area contributed by atoms with Crippen molar-refractivity contribution in [2.24, 2.45) is 40.9 Å². The van der Waals surface area contributed by atoms with E-state index in [0.717, 1.165) is 50.5 Å². The maximum atomic E-state index is 13.6. The molecule has 8 heteroatoms. The Bertz CT molecular complexity index is 1410. The highest BCUT2D eigenvalue weighted by molar-refractivity contribution is 7.86. The van der Waals surface area contributed by atoms with Crippen molar-refractivity contribution in [3.05, 3.63) is 47.0 Å². The number of benzene rings is 1. The first-order valence-corrected chi connectivity index (χ1v) is 18.9. The van der Waals surface area contributed by atoms with Gasteiger partial charge in [0.05, 0.1) is 30.1 Å². The molecule has 0 bridgehead atoms. The number of allylic oxidation sites excluding steroid dienone is 1. The second-order valence-electron chi connectivity index (χ2n) is 15.6. The summed E-state index contributed by atoms with van der Waals surface area (Å²) < 4.78 is 42.3. The molecule has 6 aliphatic rings. The summed E-state index contributed by atoms with van der Waals surface area (Å²) in [5, 5.41) is 0. The molecule has 7 nitrogen and oxygen atoms in total. The highest BCUT2D eigenvalue weighted by Crippen LogP contribution is 2.66. The maximum absolute atomic E-state index is 13.6. The van der Waals surface area contributed by atoms with Crippen LogP contribution in [0.3, 0.4) is 0 Å². The van der Waals surface area contributed by atoms with Crippen LogP contribution >= 0.6 is 0 Å². The van der Waals surface area contributed by atoms with Crippen molar-refractivity contribution >= 4 is 16.2 Å². The number of fused-ring (bicyclic) bond motifs is 6. The topological polar surface area (TPSA) is 82.1 Å². The molecule has 0 radical (unpaired) electrons. The number of piperidine rings is 1. The summed E-state index contributed by atoms with van der Waals surface area (Å²) in [5.74, 6) is 3.04. The lowest BCUT2D eigenvalue weighted by molar-refractivity contribution is -0.0709. The average molecular weight is 626 g/mol. The fourth-order valence-corrected chi connectivity index (χ4v) is 11.9. The molecule has 2 heterocycles. The Labute approximate surface area is 264 Å². The summed E-state index contributed by atoms with van der Waals surface area (Å²) in [6.07, 6.45) is 10.2. The molecule has 1 aromatic carbocycles. The third-order valence-electron chi connectivity index (χ3n) is 13.3. The largest absolute Gasteiger partial charge is 0.445 e. The summed E-state index contributed by atoms with van der Waals surface area (Å²) in [5.41, 5.74) is 3.99. The van der Waals surface area contributed by atoms with Crippen molar-refractivity contribution < 1.29 is 26.9 Å². The maximum Gasteiger partial charge on any atom is 0.410 e. The minimum absolute atomic E-state index is 0.0253. The first-order chi connectivity index (χ1) is 20.9. The second kappa shape index (κ2) is 11.1. The van der Waals surface area contributed by atoms with E-state index >= 15 is 0 Å². The molecule has 1 spiro atoms. The van der Waals surface area contributed by atoms with E-state index in [4.69, 9.17) is 13.7 Å². The molecule has 0 aromatic heterocycles. The molecular weight excluding hydrogens is 574 g/mol. The third kappa shape index (κ3) is 5.06. The van der Waals surface area contributed by atoms with E-state index in [0.29, 0.717) is 36.1 Å². The van der Waals surface area contributed by atoms with Crippen molar-refractivity contribution in [1.82, 2.24) is 4.90 Å². The first-order valence-electron chi connectivity index (χ1n) is 17.1. The van der Waals surface area contributed by atoms with Gasteiger partial charge in [0.15, 0.2) is 0 Å². The number of nitrogens with zero attached hydrogens (tertiary/aromatic N) is 1. The Morgan fingerprint density at radius 3 is 2.59 bits per heavy atom. The van der Waals surface area contributed by atoms with Gasteiger partial charge in [0.25, 0.3) is 10.1 Å². The Morgan fingerprint density at radius 1 is 1.07 bits per heavy atom. The monoisotopic (exact) mass is 625 g/mol. The van der Waals surface area contributed by atoms with Crippen LogP contribution in [0, 0.1) is 40.9 Å². The lowest BCUT2D eigenvalue weighted by Crippen LogP contribution is -2.54. The summed E-state index contributed by atoms with van der Waals surface area (Å²) in [4.78, 5) is 15.6. The summed E-state index contributed by atoms with van der Waals surface area (Å²) in [6, 6.07) is 9.95. The fraction of sp³-hybridized carbons (Fsp3) is 0.750. The van der Waals surface area contributed by atoms with Crippen LogP contribution < -0.4 is 0 Å². The molecule has 1 aromatic rings. The number of likely N-dealkylation sites (tertiary alicyclic amines) is 1. The molecule has 11 atom stereocenters. The summed E-state index contributed by atoms with van der Waals surface area (Å²) in [6.45, 7) is 10.4. The SMILES string of the molecule is CC1=C2C[C@H]3C(CC[C@@H]4C[C@@H](OS(C)(=O)=O)CC[C@@]43C)[C@@H]2CCC12O[C@@H]1CC(C)CN(C(=O)OCc3ccccc3)C1[C@H]2C. The van der Waals surface area contributed by atoms with Crippen LogP contribution in [0.25, 0.3) is 0 Å². The van der Waals surface area contributed by atoms with Crippen LogP contribution in [0.4, 0.5) is 4.79 Å². The van der Waals surface area contributed by atoms with Gasteiger partial charge in [-0.1, -0.05) is 56.7 Å². The first kappa shape index (κ1) is 30.7. The number of hydrogen-bond donors (Lipinski definition) is 0. The highest BCUT2D eigenvalue weighted by Gasteiger charge is 2.63. The van der Waals surface area contributed by atoms with E-state index in [1.54, 1.807) is 5.57 Å². The fourth-order valence-electron chi connectivity index (χ4n) is 11.2. The molecule has 4 aliphatic carbocycles. The van der Waals surface area contributed by atoms with Gasteiger partial charge in [0.1, 0.15) is 6.61 Å². The van der Waals surface area contributed by atoms with Crippen LogP contribution in [-0.4, -0.2) is 56.1 Å². The van der Waals surface area contributed by atoms with Crippen molar-refractivity contribution in [2.75, 3.05) is 12.8 Å². The van der Waals surface area contributed by atoms with Gasteiger partial charge in [-0.15, -0.1) is 0 Å². The van der Waals surface area contributed by atoms with Gasteiger partial charge in [-0.05, 0) is 111 Å². The van der Waals surface area contributed by atoms with Gasteiger partial charge in [-0.2, -0.15) is 8.42 Å². The van der Waals surface area contributed by atoms with Crippen molar-refractivity contribution in [3.63, 3.8) is 0 Å². The van der Waals surface area contributed by atoms with Crippen molar-refractivity contribution in [2.45, 2.75) is 116 Å². The number of carbonyl (C=O) groups is 1. The zero-order valence-electron chi connectivity index (χ0n) is 27.2. The molecule has 0 N–H and O–H groups in total. The molecule has 5 fully saturated rings. The molecular formula is C36H51NO6S. The quantitative estimate of drug-likeness (QED) is 0.262. The van der Waals surface area contributed by atoms with Gasteiger partial charge in [0, 0.05) is 12.5 Å². The van der Waals surface area contributed by atoms with Crippen LogP contribution in [0.15, 0.2) is 41.5 Å². The number of amides is 1. The number of carbonyl (C=O) groups excluding carboxylic acids is 1. The number of ether oxygens (including phenoxy) is 2. The number of hydrogen-bond acceptors (Lipinski definition) is 6. The Morgan fingerprint density at radius 2 is 1.84 bits per heavy atom. The van der Waals surface area contributed by atoms with E-state index < -0.39 is 10.1 Å². The van der Waals surface area contributed by atoms with Crippen LogP contribution in [0.5, 0.6) is 0 Å². The zero-order valence-corrected chi connectivity index (χ0v) is 28.0. The molecule has 4 unspecified atom stereocenters. The summed E-state index contributed by atoms with van der Waals surface area (Å²) in [7, 11) is -3.43. The minimum atomic E-state index is -3.43. The van der Waals surface area contributed by atoms with E-state index in [-0.39, 0.29) is 47.9 Å². The molecule has 3 saturated carbocycles. The highest BCUT2D eigenvalue weighted by atomic mass is 32.2. The zero-order chi connectivity index (χ0) is 31.0. The third-order valence-corrected chi connectivity index (χ3v) is 13.9. The minimum Gasteiger partial charge on any atom is -0.445 e. The molecule has 44 heavy (non-hydrogen) atoms. The van der Waals surface area contributed by atoms with E-state index in [9.17, 15) is 13.2 Å². The van der Waals surface area contributed by atoms with Gasteiger partial charge in [0.2, 0.25) is 0 Å². The Hall–Kier alpha value is -1.90. The van der Waals surface area contributed by atoms with E-state index in [2.05, 4.69) is 27.7 Å². The molecule has 7 rings (SSSR count). The van der Waals surface area contributed by atoms with Crippen molar-refractivity contribution in [1.29, 1.82) is 0 Å². The lowest BCUT2D eigenvalue weighted by Gasteiger charge is -2.54. The molecule has 2 saturated heterocycles. The van der Waals surface area contributed by atoms with Crippen LogP contribution in [0.2, 0.25) is 0 Å². The summed E-state index contributed by atoms with van der Waals surface area (Å²) >= 11 is 0. The lowest BCUT2D eigenvalue weighted by atomic mass is 9.52. The average Bonchev–Trinajstić information content (AvgIpc) is 3.50. The standard InChI is InChI=1S/C36H51NO6S/c1-22-17-32-33(37(20-22)34(38)41-21-25-9-7-6-8-10-25)24(3)36(42-32)16-14-28-29-12-11-26-18-27(43-44(5,39)40)13-15-35(26,4)31(29)19-30(28)23(36)2/h6-10,22,24,26-29,31-33H,11-21H2,1-5H3/t22?,24-,26-,27+,28+,29?,31+,32-,33?,35+,36?/m1/s1. The number of rotatable bonds is 4. The molecule has 1 amide bonds. The second-order valence-corrected chi connectivity index (χ2v) is 17.2. The molecule has 242 valence electrons. The van der Waals surface area contributed by atoms with E-state index in [1.807, 2.05) is 35.2 Å². The van der Waals surface area contributed by atoms with Gasteiger partial charge >= 0.3 is 6.09 Å². The Balaban J connectivity index is 1.12. The van der Waals surface area contributed by atoms with Gasteiger partial charge in [-0.25, -0.2) is 4.79 Å². The predicted molar refractivity (Wildman–Crippen MR) is 169 cm³/mol.